The van der Waals surface area contributed by atoms with Crippen LogP contribution >= 0.6 is 11.6 Å². The average molecular weight is 424 g/mol. The van der Waals surface area contributed by atoms with Crippen LogP contribution in [0, 0.1) is 5.92 Å². The van der Waals surface area contributed by atoms with Crippen molar-refractivity contribution in [3.8, 4) is 0 Å². The highest BCUT2D eigenvalue weighted by molar-refractivity contribution is 6.31. The summed E-state index contributed by atoms with van der Waals surface area (Å²) in [5, 5.41) is 0.672. The molecule has 4 heteroatoms. The highest BCUT2D eigenvalue weighted by Gasteiger charge is 2.65. The Kier molecular flexibility index (Phi) is 3.72. The van der Waals surface area contributed by atoms with Crippen molar-refractivity contribution in [2.75, 3.05) is 7.05 Å². The van der Waals surface area contributed by atoms with E-state index in [1.807, 2.05) is 78.9 Å². The van der Waals surface area contributed by atoms with Crippen LogP contribution in [0.1, 0.15) is 32.6 Å². The van der Waals surface area contributed by atoms with Crippen molar-refractivity contribution in [1.82, 2.24) is 4.90 Å². The van der Waals surface area contributed by atoms with Gasteiger partial charge in [-0.15, -0.1) is 0 Å². The first-order valence-electron chi connectivity index (χ1n) is 10.3. The van der Waals surface area contributed by atoms with Gasteiger partial charge in [-0.05, 0) is 51.6 Å². The second-order valence-corrected chi connectivity index (χ2v) is 8.68. The van der Waals surface area contributed by atoms with Crippen LogP contribution < -0.4 is 0 Å². The number of imide groups is 1. The van der Waals surface area contributed by atoms with E-state index in [4.69, 9.17) is 11.6 Å². The van der Waals surface area contributed by atoms with Crippen LogP contribution in [0.2, 0.25) is 5.02 Å². The van der Waals surface area contributed by atoms with E-state index in [9.17, 15) is 9.59 Å². The molecule has 0 saturated carbocycles. The van der Waals surface area contributed by atoms with Crippen molar-refractivity contribution < 1.29 is 9.59 Å². The lowest BCUT2D eigenvalue weighted by Crippen LogP contribution is -2.61. The van der Waals surface area contributed by atoms with Gasteiger partial charge in [-0.3, -0.25) is 14.5 Å². The molecule has 0 radical (unpaired) electrons. The molecule has 150 valence electrons. The number of nitrogens with zero attached hydrogens (tertiary/aromatic N) is 1. The molecular formula is C27H18ClNO2. The summed E-state index contributed by atoms with van der Waals surface area (Å²) >= 11 is 6.15. The standard InChI is InChI=1S/C27H18ClNO2/c1-29-25(30)20-9-5-8-18-12-15-21-22(16-10-13-19(28)14-11-16)24(17-6-3-2-4-7-17)27(21,23(18)20)26(29)31/h2-15,21H,1H3/t21-,27-/m1/s1. The number of rotatable bonds is 2. The summed E-state index contributed by atoms with van der Waals surface area (Å²) < 4.78 is 0. The highest BCUT2D eigenvalue weighted by atomic mass is 35.5. The molecule has 3 aliphatic rings. The van der Waals surface area contributed by atoms with E-state index < -0.39 is 5.41 Å². The molecule has 1 aliphatic heterocycles. The molecule has 0 fully saturated rings. The monoisotopic (exact) mass is 423 g/mol. The zero-order valence-electron chi connectivity index (χ0n) is 16.8. The molecule has 3 aromatic rings. The molecule has 2 aliphatic carbocycles. The first-order chi connectivity index (χ1) is 15.0. The van der Waals surface area contributed by atoms with Gasteiger partial charge < -0.3 is 0 Å². The second-order valence-electron chi connectivity index (χ2n) is 8.25. The van der Waals surface area contributed by atoms with E-state index in [1.165, 1.54) is 4.90 Å². The molecule has 31 heavy (non-hydrogen) atoms. The average Bonchev–Trinajstić information content (AvgIpc) is 2.79. The number of hydrogen-bond donors (Lipinski definition) is 0. The molecule has 3 nitrogen and oxygen atoms in total. The molecule has 2 amide bonds. The van der Waals surface area contributed by atoms with Crippen molar-refractivity contribution in [2.24, 2.45) is 5.92 Å². The summed E-state index contributed by atoms with van der Waals surface area (Å²) in [6, 6.07) is 23.5. The molecule has 3 aromatic carbocycles. The van der Waals surface area contributed by atoms with E-state index in [1.54, 1.807) is 7.05 Å². The fourth-order valence-electron chi connectivity index (χ4n) is 5.54. The summed E-state index contributed by atoms with van der Waals surface area (Å²) in [5.41, 5.74) is 5.60. The van der Waals surface area contributed by atoms with Gasteiger partial charge in [0.05, 0.1) is 0 Å². The molecule has 0 N–H and O–H groups in total. The number of carbonyl (C=O) groups is 2. The molecule has 6 rings (SSSR count). The maximum Gasteiger partial charge on any atom is 0.260 e. The molecule has 1 heterocycles. The summed E-state index contributed by atoms with van der Waals surface area (Å²) in [6.07, 6.45) is 4.16. The van der Waals surface area contributed by atoms with Crippen molar-refractivity contribution >= 4 is 40.6 Å². The number of allylic oxidation sites excluding steroid dienone is 2. The van der Waals surface area contributed by atoms with Crippen LogP contribution in [0.15, 0.2) is 78.9 Å². The number of carbonyl (C=O) groups excluding carboxylic acids is 2. The van der Waals surface area contributed by atoms with Gasteiger partial charge in [-0.2, -0.15) is 0 Å². The van der Waals surface area contributed by atoms with Crippen molar-refractivity contribution in [3.63, 3.8) is 0 Å². The van der Waals surface area contributed by atoms with Crippen molar-refractivity contribution in [3.05, 3.63) is 112 Å². The minimum absolute atomic E-state index is 0.152. The van der Waals surface area contributed by atoms with Crippen LogP contribution in [0.4, 0.5) is 0 Å². The van der Waals surface area contributed by atoms with Crippen LogP contribution in [-0.2, 0) is 10.2 Å². The first kappa shape index (κ1) is 18.3. The molecule has 0 aromatic heterocycles. The molecule has 2 atom stereocenters. The van der Waals surface area contributed by atoms with Crippen LogP contribution in [0.25, 0.3) is 17.2 Å². The van der Waals surface area contributed by atoms with Crippen LogP contribution in [0.5, 0.6) is 0 Å². The highest BCUT2D eigenvalue weighted by Crippen LogP contribution is 2.66. The molecule has 1 spiro atoms. The van der Waals surface area contributed by atoms with Gasteiger partial charge in [0, 0.05) is 23.6 Å². The largest absolute Gasteiger partial charge is 0.281 e. The Hall–Kier alpha value is -3.43. The smallest absolute Gasteiger partial charge is 0.260 e. The summed E-state index contributed by atoms with van der Waals surface area (Å²) in [7, 11) is 1.59. The lowest BCUT2D eigenvalue weighted by atomic mass is 9.46. The Morgan fingerprint density at radius 3 is 2.35 bits per heavy atom. The number of hydrogen-bond acceptors (Lipinski definition) is 2. The van der Waals surface area contributed by atoms with Gasteiger partial charge in [-0.25, -0.2) is 0 Å². The topological polar surface area (TPSA) is 37.4 Å². The second kappa shape index (κ2) is 6.29. The first-order valence-corrected chi connectivity index (χ1v) is 10.6. The Labute approximate surface area is 185 Å². The molecule has 0 unspecified atom stereocenters. The number of amides is 2. The van der Waals surface area contributed by atoms with E-state index in [0.29, 0.717) is 10.6 Å². The zero-order valence-corrected chi connectivity index (χ0v) is 17.6. The normalized spacial score (nSPS) is 23.4. The SMILES string of the molecule is CN1C(=O)c2cccc3c2[C@@]2(C1=O)C(c1ccccc1)=C(c1ccc(Cl)cc1)[C@H]2C=C3. The summed E-state index contributed by atoms with van der Waals surface area (Å²) in [6.45, 7) is 0. The lowest BCUT2D eigenvalue weighted by molar-refractivity contribution is -0.133. The van der Waals surface area contributed by atoms with Crippen molar-refractivity contribution in [2.45, 2.75) is 5.41 Å². The van der Waals surface area contributed by atoms with Gasteiger partial charge in [-0.1, -0.05) is 78.4 Å². The molecule has 0 saturated heterocycles. The minimum Gasteiger partial charge on any atom is -0.281 e. The van der Waals surface area contributed by atoms with Gasteiger partial charge in [0.2, 0.25) is 5.91 Å². The lowest BCUT2D eigenvalue weighted by Gasteiger charge is -2.56. The van der Waals surface area contributed by atoms with Gasteiger partial charge in [0.1, 0.15) is 5.41 Å². The molecular weight excluding hydrogens is 406 g/mol. The van der Waals surface area contributed by atoms with Gasteiger partial charge in [0.25, 0.3) is 5.91 Å². The number of likely N-dealkylation sites (N-methyl/N-ethyl adjacent to an activating group) is 1. The maximum absolute atomic E-state index is 13.9. The third-order valence-electron chi connectivity index (χ3n) is 6.80. The number of halogens is 1. The zero-order chi connectivity index (χ0) is 21.3. The quantitative estimate of drug-likeness (QED) is 0.513. The van der Waals surface area contributed by atoms with E-state index in [2.05, 4.69) is 6.08 Å². The Bertz CT molecular complexity index is 1340. The van der Waals surface area contributed by atoms with Crippen LogP contribution in [0.3, 0.4) is 0 Å². The predicted molar refractivity (Wildman–Crippen MR) is 122 cm³/mol. The number of benzene rings is 3. The summed E-state index contributed by atoms with van der Waals surface area (Å²) in [5.74, 6) is -0.558. The Balaban J connectivity index is 1.74. The van der Waals surface area contributed by atoms with E-state index in [-0.39, 0.29) is 17.7 Å². The fraction of sp³-hybridized carbons (Fsp3) is 0.111. The predicted octanol–water partition coefficient (Wildman–Crippen LogP) is 5.46. The summed E-state index contributed by atoms with van der Waals surface area (Å²) in [4.78, 5) is 28.2. The molecule has 0 bridgehead atoms. The van der Waals surface area contributed by atoms with Gasteiger partial charge in [0.15, 0.2) is 0 Å². The third-order valence-corrected chi connectivity index (χ3v) is 7.05. The third kappa shape index (κ3) is 2.19. The van der Waals surface area contributed by atoms with E-state index >= 15 is 0 Å². The Morgan fingerprint density at radius 2 is 1.61 bits per heavy atom. The van der Waals surface area contributed by atoms with Crippen LogP contribution in [-0.4, -0.2) is 23.8 Å². The fourth-order valence-corrected chi connectivity index (χ4v) is 5.66. The van der Waals surface area contributed by atoms with Gasteiger partial charge >= 0.3 is 0 Å². The van der Waals surface area contributed by atoms with Crippen molar-refractivity contribution in [1.29, 1.82) is 0 Å². The Morgan fingerprint density at radius 1 is 0.871 bits per heavy atom. The maximum atomic E-state index is 13.9. The van der Waals surface area contributed by atoms with E-state index in [0.717, 1.165) is 33.4 Å². The minimum atomic E-state index is -0.903.